The molecule has 19 heavy (non-hydrogen) atoms. The molecular weight excluding hydrogens is 247 g/mol. The summed E-state index contributed by atoms with van der Waals surface area (Å²) in [5.74, 6) is 0.478. The van der Waals surface area contributed by atoms with Crippen LogP contribution in [0.3, 0.4) is 0 Å². The molecule has 0 saturated heterocycles. The van der Waals surface area contributed by atoms with Crippen LogP contribution in [0.25, 0.3) is 0 Å². The molecule has 4 nitrogen and oxygen atoms in total. The molecular formula is C14H19FN2O2. The van der Waals surface area contributed by atoms with E-state index in [1.54, 1.807) is 6.07 Å². The third-order valence-electron chi connectivity index (χ3n) is 4.13. The van der Waals surface area contributed by atoms with Crippen LogP contribution in [0.15, 0.2) is 18.2 Å². The number of benzene rings is 1. The van der Waals surface area contributed by atoms with Crippen molar-refractivity contribution in [1.29, 1.82) is 0 Å². The second kappa shape index (κ2) is 5.55. The molecule has 0 heterocycles. The number of para-hydroxylation sites is 1. The first kappa shape index (κ1) is 13.8. The van der Waals surface area contributed by atoms with Crippen LogP contribution in [0, 0.1) is 27.8 Å². The van der Waals surface area contributed by atoms with Gasteiger partial charge in [-0.25, -0.2) is 0 Å². The Bertz CT molecular complexity index is 479. The van der Waals surface area contributed by atoms with E-state index in [2.05, 4.69) is 19.2 Å². The quantitative estimate of drug-likeness (QED) is 0.665. The number of hydrogen-bond acceptors (Lipinski definition) is 3. The monoisotopic (exact) mass is 266 g/mol. The van der Waals surface area contributed by atoms with Crippen molar-refractivity contribution in [3.05, 3.63) is 34.1 Å². The minimum atomic E-state index is -0.785. The van der Waals surface area contributed by atoms with E-state index < -0.39 is 16.4 Å². The summed E-state index contributed by atoms with van der Waals surface area (Å²) in [6.07, 6.45) is 3.04. The second-order valence-corrected chi connectivity index (χ2v) is 5.50. The van der Waals surface area contributed by atoms with E-state index in [1.807, 2.05) is 0 Å². The lowest BCUT2D eigenvalue weighted by Gasteiger charge is -2.32. The molecule has 0 aliphatic heterocycles. The Morgan fingerprint density at radius 3 is 2.68 bits per heavy atom. The number of nitro benzene ring substituents is 1. The van der Waals surface area contributed by atoms with Crippen molar-refractivity contribution >= 4 is 11.4 Å². The Hall–Kier alpha value is -1.65. The smallest absolute Gasteiger partial charge is 0.327 e. The molecule has 3 unspecified atom stereocenters. The average molecular weight is 266 g/mol. The van der Waals surface area contributed by atoms with Gasteiger partial charge in [-0.1, -0.05) is 19.9 Å². The van der Waals surface area contributed by atoms with E-state index in [9.17, 15) is 14.5 Å². The summed E-state index contributed by atoms with van der Waals surface area (Å²) >= 11 is 0. The molecule has 1 saturated carbocycles. The van der Waals surface area contributed by atoms with E-state index in [0.29, 0.717) is 11.8 Å². The van der Waals surface area contributed by atoms with Crippen LogP contribution in [-0.2, 0) is 0 Å². The summed E-state index contributed by atoms with van der Waals surface area (Å²) in [6.45, 7) is 4.42. The van der Waals surface area contributed by atoms with E-state index in [1.165, 1.54) is 6.07 Å². The predicted octanol–water partition coefficient (Wildman–Crippen LogP) is 3.97. The van der Waals surface area contributed by atoms with Gasteiger partial charge >= 0.3 is 5.69 Å². The minimum Gasteiger partial charge on any atom is -0.377 e. The van der Waals surface area contributed by atoms with E-state index in [-0.39, 0.29) is 11.7 Å². The lowest BCUT2D eigenvalue weighted by molar-refractivity contribution is -0.386. The summed E-state index contributed by atoms with van der Waals surface area (Å²) in [5.41, 5.74) is -0.162. The van der Waals surface area contributed by atoms with Gasteiger partial charge in [0.15, 0.2) is 0 Å². The summed E-state index contributed by atoms with van der Waals surface area (Å²) in [5, 5.41) is 14.1. The fraction of sp³-hybridized carbons (Fsp3) is 0.571. The Morgan fingerprint density at radius 2 is 2.05 bits per heavy atom. The second-order valence-electron chi connectivity index (χ2n) is 5.50. The zero-order valence-corrected chi connectivity index (χ0v) is 11.2. The highest BCUT2D eigenvalue weighted by Gasteiger charge is 2.27. The van der Waals surface area contributed by atoms with Gasteiger partial charge in [0.1, 0.15) is 5.69 Å². The Balaban J connectivity index is 2.15. The summed E-state index contributed by atoms with van der Waals surface area (Å²) in [4.78, 5) is 10.3. The van der Waals surface area contributed by atoms with Gasteiger partial charge in [0.25, 0.3) is 0 Å². The number of halogens is 1. The Kier molecular flexibility index (Phi) is 4.02. The van der Waals surface area contributed by atoms with Crippen LogP contribution in [0.1, 0.15) is 33.1 Å². The molecule has 3 atom stereocenters. The first-order valence-electron chi connectivity index (χ1n) is 6.68. The predicted molar refractivity (Wildman–Crippen MR) is 72.6 cm³/mol. The number of hydrogen-bond donors (Lipinski definition) is 1. The van der Waals surface area contributed by atoms with Crippen molar-refractivity contribution in [2.75, 3.05) is 5.32 Å². The molecule has 1 aliphatic carbocycles. The molecule has 1 aliphatic rings. The lowest BCUT2D eigenvalue weighted by atomic mass is 9.79. The van der Waals surface area contributed by atoms with E-state index in [4.69, 9.17) is 0 Å². The summed E-state index contributed by atoms with van der Waals surface area (Å²) in [6, 6.07) is 4.38. The molecule has 1 N–H and O–H groups in total. The van der Waals surface area contributed by atoms with Crippen LogP contribution < -0.4 is 5.32 Å². The van der Waals surface area contributed by atoms with Crippen molar-refractivity contribution in [2.24, 2.45) is 11.8 Å². The third-order valence-corrected chi connectivity index (χ3v) is 4.13. The largest absolute Gasteiger partial charge is 0.377 e. The molecule has 1 aromatic carbocycles. The number of rotatable bonds is 3. The highest BCUT2D eigenvalue weighted by molar-refractivity contribution is 5.62. The van der Waals surface area contributed by atoms with Gasteiger partial charge < -0.3 is 5.32 Å². The number of nitrogens with one attached hydrogen (secondary N) is 1. The molecule has 1 aromatic rings. The fourth-order valence-corrected chi connectivity index (χ4v) is 2.72. The van der Waals surface area contributed by atoms with Crippen LogP contribution in [0.5, 0.6) is 0 Å². The standard InChI is InChI=1S/C14H19FN2O2/c1-9-6-7-11(8-10(9)2)16-13-5-3-4-12(15)14(13)17(18)19/h3-5,9-11,16H,6-8H2,1-2H3. The van der Waals surface area contributed by atoms with Gasteiger partial charge in [-0.3, -0.25) is 10.1 Å². The molecule has 0 amide bonds. The zero-order valence-electron chi connectivity index (χ0n) is 11.2. The number of nitrogens with zero attached hydrogens (tertiary/aromatic N) is 1. The van der Waals surface area contributed by atoms with Crippen molar-refractivity contribution in [3.63, 3.8) is 0 Å². The van der Waals surface area contributed by atoms with Crippen molar-refractivity contribution in [2.45, 2.75) is 39.2 Å². The van der Waals surface area contributed by atoms with E-state index in [0.717, 1.165) is 25.3 Å². The van der Waals surface area contributed by atoms with Gasteiger partial charge in [0, 0.05) is 6.04 Å². The maximum absolute atomic E-state index is 13.5. The first-order chi connectivity index (χ1) is 8.99. The number of nitro groups is 1. The van der Waals surface area contributed by atoms with Crippen LogP contribution in [0.2, 0.25) is 0 Å². The first-order valence-corrected chi connectivity index (χ1v) is 6.68. The van der Waals surface area contributed by atoms with Crippen LogP contribution in [-0.4, -0.2) is 11.0 Å². The van der Waals surface area contributed by atoms with Crippen molar-refractivity contribution in [3.8, 4) is 0 Å². The van der Waals surface area contributed by atoms with Crippen molar-refractivity contribution in [1.82, 2.24) is 0 Å². The maximum atomic E-state index is 13.5. The Labute approximate surface area is 112 Å². The summed E-state index contributed by atoms with van der Waals surface area (Å²) in [7, 11) is 0. The van der Waals surface area contributed by atoms with Crippen molar-refractivity contribution < 1.29 is 9.31 Å². The molecule has 2 rings (SSSR count). The normalized spacial score (nSPS) is 27.0. The highest BCUT2D eigenvalue weighted by atomic mass is 19.1. The molecule has 1 fully saturated rings. The summed E-state index contributed by atoms with van der Waals surface area (Å²) < 4.78 is 13.5. The Morgan fingerprint density at radius 1 is 1.32 bits per heavy atom. The SMILES string of the molecule is CC1CCC(Nc2cccc(F)c2[N+](=O)[O-])CC1C. The molecule has 0 aromatic heterocycles. The molecule has 0 bridgehead atoms. The topological polar surface area (TPSA) is 55.2 Å². The molecule has 0 radical (unpaired) electrons. The van der Waals surface area contributed by atoms with Gasteiger partial charge in [-0.15, -0.1) is 0 Å². The van der Waals surface area contributed by atoms with E-state index >= 15 is 0 Å². The minimum absolute atomic E-state index is 0.187. The molecule has 0 spiro atoms. The van der Waals surface area contributed by atoms with Gasteiger partial charge in [-0.2, -0.15) is 4.39 Å². The average Bonchev–Trinajstić information content (AvgIpc) is 2.33. The van der Waals surface area contributed by atoms with Crippen LogP contribution in [0.4, 0.5) is 15.8 Å². The molecule has 5 heteroatoms. The zero-order chi connectivity index (χ0) is 14.0. The van der Waals surface area contributed by atoms with Gasteiger partial charge in [0.2, 0.25) is 5.82 Å². The van der Waals surface area contributed by atoms with Gasteiger partial charge in [-0.05, 0) is 43.2 Å². The molecule has 104 valence electrons. The van der Waals surface area contributed by atoms with Gasteiger partial charge in [0.05, 0.1) is 4.92 Å². The van der Waals surface area contributed by atoms with Crippen LogP contribution >= 0.6 is 0 Å². The lowest BCUT2D eigenvalue weighted by Crippen LogP contribution is -2.30. The fourth-order valence-electron chi connectivity index (χ4n) is 2.72. The number of anilines is 1. The highest BCUT2D eigenvalue weighted by Crippen LogP contribution is 2.34. The third kappa shape index (κ3) is 3.03. The maximum Gasteiger partial charge on any atom is 0.327 e.